The Morgan fingerprint density at radius 2 is 1.81 bits per heavy atom. The molecule has 0 spiro atoms. The second-order valence-electron chi connectivity index (χ2n) is 6.22. The van der Waals surface area contributed by atoms with Crippen molar-refractivity contribution in [1.82, 2.24) is 5.32 Å². The van der Waals surface area contributed by atoms with Crippen molar-refractivity contribution in [3.8, 4) is 0 Å². The molecule has 1 atom stereocenters. The van der Waals surface area contributed by atoms with Crippen molar-refractivity contribution in [3.05, 3.63) is 35.9 Å². The van der Waals surface area contributed by atoms with Crippen LogP contribution in [-0.2, 0) is 4.79 Å². The van der Waals surface area contributed by atoms with Gasteiger partial charge in [0.25, 0.3) is 0 Å². The summed E-state index contributed by atoms with van der Waals surface area (Å²) < 4.78 is 0. The van der Waals surface area contributed by atoms with Crippen LogP contribution in [0, 0.1) is 5.92 Å². The standard InChI is InChI=1S/C18H28N2O/c19-17(16-10-6-3-7-11-16)12-13-20-18(21)14-15-8-4-1-2-5-9-15/h3,6-7,10-11,15,17H,1-2,4-5,8-9,12-14,19H2,(H,20,21). The van der Waals surface area contributed by atoms with Crippen molar-refractivity contribution in [3.63, 3.8) is 0 Å². The molecule has 0 bridgehead atoms. The molecule has 0 heterocycles. The number of rotatable bonds is 6. The zero-order chi connectivity index (χ0) is 14.9. The van der Waals surface area contributed by atoms with Gasteiger partial charge in [0.1, 0.15) is 0 Å². The summed E-state index contributed by atoms with van der Waals surface area (Å²) in [5, 5.41) is 3.03. The lowest BCUT2D eigenvalue weighted by molar-refractivity contribution is -0.122. The number of carbonyl (C=O) groups excluding carboxylic acids is 1. The number of benzene rings is 1. The summed E-state index contributed by atoms with van der Waals surface area (Å²) in [6.07, 6.45) is 9.18. The molecular formula is C18H28N2O. The van der Waals surface area contributed by atoms with Gasteiger partial charge in [0.15, 0.2) is 0 Å². The Morgan fingerprint density at radius 3 is 2.48 bits per heavy atom. The van der Waals surface area contributed by atoms with Gasteiger partial charge in [-0.3, -0.25) is 4.79 Å². The lowest BCUT2D eigenvalue weighted by Gasteiger charge is -2.15. The molecule has 21 heavy (non-hydrogen) atoms. The quantitative estimate of drug-likeness (QED) is 0.786. The molecule has 116 valence electrons. The minimum atomic E-state index is 0.00406. The lowest BCUT2D eigenvalue weighted by Crippen LogP contribution is -2.28. The molecular weight excluding hydrogens is 260 g/mol. The number of amides is 1. The summed E-state index contributed by atoms with van der Waals surface area (Å²) in [4.78, 5) is 12.0. The summed E-state index contributed by atoms with van der Waals surface area (Å²) in [5.74, 6) is 0.789. The van der Waals surface area contributed by atoms with Gasteiger partial charge in [-0.05, 0) is 30.7 Å². The van der Waals surface area contributed by atoms with Gasteiger partial charge in [-0.2, -0.15) is 0 Å². The lowest BCUT2D eigenvalue weighted by atomic mass is 9.96. The zero-order valence-electron chi connectivity index (χ0n) is 12.9. The second kappa shape index (κ2) is 8.83. The van der Waals surface area contributed by atoms with Gasteiger partial charge in [-0.1, -0.05) is 56.0 Å². The molecule has 1 amide bonds. The van der Waals surface area contributed by atoms with Crippen LogP contribution in [0.1, 0.15) is 63.0 Å². The van der Waals surface area contributed by atoms with Gasteiger partial charge in [-0.25, -0.2) is 0 Å². The minimum Gasteiger partial charge on any atom is -0.356 e. The molecule has 3 nitrogen and oxygen atoms in total. The average molecular weight is 288 g/mol. The van der Waals surface area contributed by atoms with E-state index in [1.54, 1.807) is 0 Å². The molecule has 1 aromatic carbocycles. The SMILES string of the molecule is NC(CCNC(=O)CC1CCCCCC1)c1ccccc1. The Hall–Kier alpha value is -1.35. The monoisotopic (exact) mass is 288 g/mol. The van der Waals surface area contributed by atoms with E-state index in [9.17, 15) is 4.79 Å². The van der Waals surface area contributed by atoms with Crippen molar-refractivity contribution in [2.45, 2.75) is 57.4 Å². The van der Waals surface area contributed by atoms with Crippen LogP contribution < -0.4 is 11.1 Å². The highest BCUT2D eigenvalue weighted by Crippen LogP contribution is 2.25. The summed E-state index contributed by atoms with van der Waals surface area (Å²) >= 11 is 0. The molecule has 0 radical (unpaired) electrons. The molecule has 0 saturated heterocycles. The molecule has 0 aromatic heterocycles. The van der Waals surface area contributed by atoms with Crippen molar-refractivity contribution >= 4 is 5.91 Å². The summed E-state index contributed by atoms with van der Waals surface area (Å²) in [7, 11) is 0. The summed E-state index contributed by atoms with van der Waals surface area (Å²) in [5.41, 5.74) is 7.27. The Labute approximate surface area is 128 Å². The van der Waals surface area contributed by atoms with Crippen LogP contribution in [0.2, 0.25) is 0 Å². The first-order chi connectivity index (χ1) is 10.3. The van der Waals surface area contributed by atoms with Crippen LogP contribution in [-0.4, -0.2) is 12.5 Å². The van der Waals surface area contributed by atoms with Crippen molar-refractivity contribution in [2.75, 3.05) is 6.54 Å². The summed E-state index contributed by atoms with van der Waals surface area (Å²) in [6, 6.07) is 10.1. The molecule has 1 saturated carbocycles. The van der Waals surface area contributed by atoms with E-state index in [1.807, 2.05) is 30.3 Å². The first-order valence-corrected chi connectivity index (χ1v) is 8.33. The number of nitrogens with one attached hydrogen (secondary N) is 1. The van der Waals surface area contributed by atoms with Crippen LogP contribution in [0.4, 0.5) is 0 Å². The molecule has 1 aromatic rings. The smallest absolute Gasteiger partial charge is 0.220 e. The molecule has 1 unspecified atom stereocenters. The van der Waals surface area contributed by atoms with E-state index < -0.39 is 0 Å². The van der Waals surface area contributed by atoms with E-state index in [2.05, 4.69) is 5.32 Å². The van der Waals surface area contributed by atoms with E-state index in [4.69, 9.17) is 5.73 Å². The largest absolute Gasteiger partial charge is 0.356 e. The van der Waals surface area contributed by atoms with E-state index in [0.29, 0.717) is 18.9 Å². The van der Waals surface area contributed by atoms with Crippen LogP contribution in [0.25, 0.3) is 0 Å². The first kappa shape index (κ1) is 16.0. The Kier molecular flexibility index (Phi) is 6.74. The number of hydrogen-bond donors (Lipinski definition) is 2. The highest BCUT2D eigenvalue weighted by molar-refractivity contribution is 5.76. The average Bonchev–Trinajstić information content (AvgIpc) is 2.76. The first-order valence-electron chi connectivity index (χ1n) is 8.33. The van der Waals surface area contributed by atoms with E-state index in [-0.39, 0.29) is 11.9 Å². The molecule has 3 heteroatoms. The summed E-state index contributed by atoms with van der Waals surface area (Å²) in [6.45, 7) is 0.668. The van der Waals surface area contributed by atoms with E-state index in [1.165, 1.54) is 38.5 Å². The third-order valence-corrected chi connectivity index (χ3v) is 4.45. The maximum atomic E-state index is 12.0. The van der Waals surface area contributed by atoms with Crippen molar-refractivity contribution in [1.29, 1.82) is 0 Å². The van der Waals surface area contributed by atoms with Gasteiger partial charge >= 0.3 is 0 Å². The number of hydrogen-bond acceptors (Lipinski definition) is 2. The third kappa shape index (κ3) is 5.88. The van der Waals surface area contributed by atoms with Crippen LogP contribution in [0.5, 0.6) is 0 Å². The van der Waals surface area contributed by atoms with Crippen LogP contribution >= 0.6 is 0 Å². The van der Waals surface area contributed by atoms with E-state index in [0.717, 1.165) is 12.0 Å². The topological polar surface area (TPSA) is 55.1 Å². The molecule has 1 aliphatic carbocycles. The minimum absolute atomic E-state index is 0.00406. The van der Waals surface area contributed by atoms with Gasteiger partial charge in [0.2, 0.25) is 5.91 Å². The van der Waals surface area contributed by atoms with Gasteiger partial charge < -0.3 is 11.1 Å². The maximum absolute atomic E-state index is 12.0. The van der Waals surface area contributed by atoms with E-state index >= 15 is 0 Å². The highest BCUT2D eigenvalue weighted by Gasteiger charge is 2.16. The predicted octanol–water partition coefficient (Wildman–Crippen LogP) is 3.55. The zero-order valence-corrected chi connectivity index (χ0v) is 12.9. The maximum Gasteiger partial charge on any atom is 0.220 e. The Morgan fingerprint density at radius 1 is 1.14 bits per heavy atom. The number of carbonyl (C=O) groups is 1. The molecule has 1 fully saturated rings. The normalized spacial score (nSPS) is 18.0. The molecule has 2 rings (SSSR count). The third-order valence-electron chi connectivity index (χ3n) is 4.45. The number of nitrogens with two attached hydrogens (primary N) is 1. The van der Waals surface area contributed by atoms with Crippen molar-refractivity contribution in [2.24, 2.45) is 11.7 Å². The van der Waals surface area contributed by atoms with Crippen LogP contribution in [0.15, 0.2) is 30.3 Å². The fourth-order valence-corrected chi connectivity index (χ4v) is 3.14. The van der Waals surface area contributed by atoms with Crippen LogP contribution in [0.3, 0.4) is 0 Å². The van der Waals surface area contributed by atoms with Gasteiger partial charge in [0, 0.05) is 19.0 Å². The molecule has 3 N–H and O–H groups in total. The predicted molar refractivity (Wildman–Crippen MR) is 86.8 cm³/mol. The second-order valence-corrected chi connectivity index (χ2v) is 6.22. The fourth-order valence-electron chi connectivity index (χ4n) is 3.14. The molecule has 0 aliphatic heterocycles. The highest BCUT2D eigenvalue weighted by atomic mass is 16.1. The fraction of sp³-hybridized carbons (Fsp3) is 0.611. The molecule has 1 aliphatic rings. The Bertz CT molecular complexity index is 410. The van der Waals surface area contributed by atoms with Gasteiger partial charge in [0.05, 0.1) is 0 Å². The van der Waals surface area contributed by atoms with Gasteiger partial charge in [-0.15, -0.1) is 0 Å². The Balaban J connectivity index is 1.64. The van der Waals surface area contributed by atoms with Crippen molar-refractivity contribution < 1.29 is 4.79 Å².